The van der Waals surface area contributed by atoms with Crippen molar-refractivity contribution in [2.24, 2.45) is 0 Å². The van der Waals surface area contributed by atoms with Gasteiger partial charge in [0.2, 0.25) is 0 Å². The number of aromatic nitrogens is 1. The summed E-state index contributed by atoms with van der Waals surface area (Å²) in [6.07, 6.45) is 7.72. The standard InChI is InChI=1S/C12H15NO/c1-10-6-7-13(12(14)8-10)9-11-4-2-3-5-11/h4,6-8H,2-3,5,9H2,1H3. The van der Waals surface area contributed by atoms with Crippen LogP contribution in [0.2, 0.25) is 0 Å². The predicted molar refractivity (Wildman–Crippen MR) is 57.4 cm³/mol. The van der Waals surface area contributed by atoms with Crippen LogP contribution in [0.3, 0.4) is 0 Å². The molecule has 1 heterocycles. The van der Waals surface area contributed by atoms with E-state index in [1.165, 1.54) is 18.4 Å². The van der Waals surface area contributed by atoms with Crippen LogP contribution in [0.15, 0.2) is 34.8 Å². The smallest absolute Gasteiger partial charge is 0.251 e. The third-order valence-corrected chi connectivity index (χ3v) is 2.66. The van der Waals surface area contributed by atoms with E-state index < -0.39 is 0 Å². The molecule has 0 atom stereocenters. The van der Waals surface area contributed by atoms with Gasteiger partial charge in [0.15, 0.2) is 0 Å². The lowest BCUT2D eigenvalue weighted by molar-refractivity contribution is 0.720. The lowest BCUT2D eigenvalue weighted by atomic mass is 10.2. The number of pyridine rings is 1. The molecule has 0 fully saturated rings. The Balaban J connectivity index is 2.20. The topological polar surface area (TPSA) is 22.0 Å². The number of hydrogen-bond acceptors (Lipinski definition) is 1. The summed E-state index contributed by atoms with van der Waals surface area (Å²) in [6, 6.07) is 3.67. The molecule has 0 aliphatic heterocycles. The molecule has 0 spiro atoms. The minimum atomic E-state index is 0.109. The van der Waals surface area contributed by atoms with Crippen molar-refractivity contribution in [1.82, 2.24) is 4.57 Å². The number of rotatable bonds is 2. The second kappa shape index (κ2) is 3.82. The fourth-order valence-electron chi connectivity index (χ4n) is 1.84. The van der Waals surface area contributed by atoms with Gasteiger partial charge in [-0.25, -0.2) is 0 Å². The monoisotopic (exact) mass is 189 g/mol. The molecule has 2 heteroatoms. The lowest BCUT2D eigenvalue weighted by Crippen LogP contribution is -2.19. The molecule has 0 bridgehead atoms. The summed E-state index contributed by atoms with van der Waals surface area (Å²) >= 11 is 0. The van der Waals surface area contributed by atoms with Crippen molar-refractivity contribution in [1.29, 1.82) is 0 Å². The van der Waals surface area contributed by atoms with Crippen LogP contribution in [-0.2, 0) is 6.54 Å². The normalized spacial score (nSPS) is 15.6. The van der Waals surface area contributed by atoms with Crippen LogP contribution in [0.25, 0.3) is 0 Å². The summed E-state index contributed by atoms with van der Waals surface area (Å²) < 4.78 is 1.78. The van der Waals surface area contributed by atoms with E-state index in [0.29, 0.717) is 0 Å². The highest BCUT2D eigenvalue weighted by Crippen LogP contribution is 2.18. The van der Waals surface area contributed by atoms with E-state index in [0.717, 1.165) is 18.5 Å². The van der Waals surface area contributed by atoms with Gasteiger partial charge in [-0.05, 0) is 37.8 Å². The van der Waals surface area contributed by atoms with Crippen LogP contribution in [0.5, 0.6) is 0 Å². The molecule has 0 N–H and O–H groups in total. The minimum Gasteiger partial charge on any atom is -0.311 e. The van der Waals surface area contributed by atoms with Crippen LogP contribution in [0.4, 0.5) is 0 Å². The van der Waals surface area contributed by atoms with Crippen molar-refractivity contribution in [3.63, 3.8) is 0 Å². The average Bonchev–Trinajstić information content (AvgIpc) is 2.62. The molecule has 74 valence electrons. The van der Waals surface area contributed by atoms with Crippen LogP contribution in [0.1, 0.15) is 24.8 Å². The van der Waals surface area contributed by atoms with Gasteiger partial charge < -0.3 is 4.57 Å². The summed E-state index contributed by atoms with van der Waals surface area (Å²) in [5.74, 6) is 0. The Kier molecular flexibility index (Phi) is 2.53. The molecule has 2 nitrogen and oxygen atoms in total. The summed E-state index contributed by atoms with van der Waals surface area (Å²) in [4.78, 5) is 11.6. The van der Waals surface area contributed by atoms with Gasteiger partial charge in [0.05, 0.1) is 0 Å². The van der Waals surface area contributed by atoms with E-state index in [-0.39, 0.29) is 5.56 Å². The first-order chi connectivity index (χ1) is 6.75. The first-order valence-electron chi connectivity index (χ1n) is 5.11. The third-order valence-electron chi connectivity index (χ3n) is 2.66. The van der Waals surface area contributed by atoms with E-state index in [1.54, 1.807) is 10.6 Å². The van der Waals surface area contributed by atoms with E-state index >= 15 is 0 Å². The van der Waals surface area contributed by atoms with E-state index in [1.807, 2.05) is 19.2 Å². The van der Waals surface area contributed by atoms with Crippen LogP contribution in [-0.4, -0.2) is 4.57 Å². The number of nitrogens with zero attached hydrogens (tertiary/aromatic N) is 1. The summed E-state index contributed by atoms with van der Waals surface area (Å²) in [5.41, 5.74) is 2.54. The number of hydrogen-bond donors (Lipinski definition) is 0. The highest BCUT2D eigenvalue weighted by atomic mass is 16.1. The van der Waals surface area contributed by atoms with Crippen molar-refractivity contribution in [2.75, 3.05) is 0 Å². The Bertz CT molecular complexity index is 415. The molecule has 14 heavy (non-hydrogen) atoms. The summed E-state index contributed by atoms with van der Waals surface area (Å²) in [7, 11) is 0. The molecule has 0 unspecified atom stereocenters. The molecular weight excluding hydrogens is 174 g/mol. The molecule has 0 aromatic carbocycles. The van der Waals surface area contributed by atoms with Crippen molar-refractivity contribution >= 4 is 0 Å². The maximum absolute atomic E-state index is 11.6. The highest BCUT2D eigenvalue weighted by molar-refractivity contribution is 5.12. The maximum Gasteiger partial charge on any atom is 0.251 e. The third kappa shape index (κ3) is 1.95. The number of aryl methyl sites for hydroxylation is 1. The fraction of sp³-hybridized carbons (Fsp3) is 0.417. The zero-order valence-electron chi connectivity index (χ0n) is 8.49. The average molecular weight is 189 g/mol. The Morgan fingerprint density at radius 2 is 2.36 bits per heavy atom. The molecule has 2 rings (SSSR count). The fourth-order valence-corrected chi connectivity index (χ4v) is 1.84. The summed E-state index contributed by atoms with van der Waals surface area (Å²) in [5, 5.41) is 0. The quantitative estimate of drug-likeness (QED) is 0.654. The molecule has 0 radical (unpaired) electrons. The first kappa shape index (κ1) is 9.25. The predicted octanol–water partition coefficient (Wildman–Crippen LogP) is 2.27. The molecule has 1 aromatic rings. The van der Waals surface area contributed by atoms with Gasteiger partial charge in [-0.1, -0.05) is 11.6 Å². The second-order valence-electron chi connectivity index (χ2n) is 3.92. The SMILES string of the molecule is Cc1ccn(CC2=CCCC2)c(=O)c1. The van der Waals surface area contributed by atoms with Crippen molar-refractivity contribution in [3.05, 3.63) is 45.9 Å². The van der Waals surface area contributed by atoms with E-state index in [4.69, 9.17) is 0 Å². The summed E-state index contributed by atoms with van der Waals surface area (Å²) in [6.45, 7) is 2.72. The number of allylic oxidation sites excluding steroid dienone is 2. The molecule has 1 aliphatic carbocycles. The Morgan fingerprint density at radius 1 is 1.50 bits per heavy atom. The molecule has 1 aromatic heterocycles. The largest absolute Gasteiger partial charge is 0.311 e. The van der Waals surface area contributed by atoms with Crippen molar-refractivity contribution in [3.8, 4) is 0 Å². The van der Waals surface area contributed by atoms with Gasteiger partial charge in [-0.2, -0.15) is 0 Å². The highest BCUT2D eigenvalue weighted by Gasteiger charge is 2.05. The van der Waals surface area contributed by atoms with Gasteiger partial charge in [0.25, 0.3) is 5.56 Å². The lowest BCUT2D eigenvalue weighted by Gasteiger charge is -2.06. The van der Waals surface area contributed by atoms with Gasteiger partial charge in [0, 0.05) is 18.8 Å². The van der Waals surface area contributed by atoms with Gasteiger partial charge in [-0.3, -0.25) is 4.79 Å². The zero-order valence-corrected chi connectivity index (χ0v) is 8.49. The molecular formula is C12H15NO. The van der Waals surface area contributed by atoms with Crippen molar-refractivity contribution in [2.45, 2.75) is 32.7 Å². The van der Waals surface area contributed by atoms with E-state index in [9.17, 15) is 4.79 Å². The van der Waals surface area contributed by atoms with Crippen LogP contribution < -0.4 is 5.56 Å². The van der Waals surface area contributed by atoms with Gasteiger partial charge in [-0.15, -0.1) is 0 Å². The minimum absolute atomic E-state index is 0.109. The molecule has 0 saturated carbocycles. The maximum atomic E-state index is 11.6. The van der Waals surface area contributed by atoms with Crippen molar-refractivity contribution < 1.29 is 0 Å². The van der Waals surface area contributed by atoms with Gasteiger partial charge >= 0.3 is 0 Å². The Morgan fingerprint density at radius 3 is 3.00 bits per heavy atom. The van der Waals surface area contributed by atoms with E-state index in [2.05, 4.69) is 6.08 Å². The van der Waals surface area contributed by atoms with Gasteiger partial charge in [0.1, 0.15) is 0 Å². The molecule has 0 saturated heterocycles. The second-order valence-corrected chi connectivity index (χ2v) is 3.92. The molecule has 0 amide bonds. The Labute approximate surface area is 83.9 Å². The first-order valence-corrected chi connectivity index (χ1v) is 5.11. The zero-order chi connectivity index (χ0) is 9.97. The molecule has 1 aliphatic rings. The van der Waals surface area contributed by atoms with Crippen LogP contribution >= 0.6 is 0 Å². The van der Waals surface area contributed by atoms with Crippen LogP contribution in [0, 0.1) is 6.92 Å². The Hall–Kier alpha value is -1.31.